The van der Waals surface area contributed by atoms with Crippen molar-refractivity contribution in [2.45, 2.75) is 88.0 Å². The van der Waals surface area contributed by atoms with Gasteiger partial charge in [0, 0.05) is 17.2 Å². The molecule has 2 fully saturated rings. The Hall–Kier alpha value is -5.12. The van der Waals surface area contributed by atoms with Crippen LogP contribution in [0.25, 0.3) is 0 Å². The topological polar surface area (TPSA) is 177 Å². The number of hydrogen-bond acceptors (Lipinski definition) is 12. The van der Waals surface area contributed by atoms with Gasteiger partial charge in [0.2, 0.25) is 0 Å². The molecule has 4 aromatic rings. The summed E-state index contributed by atoms with van der Waals surface area (Å²) in [6.07, 6.45) is 5.98. The van der Waals surface area contributed by atoms with Crippen LogP contribution < -0.4 is 0 Å². The van der Waals surface area contributed by atoms with E-state index in [1.54, 1.807) is 12.1 Å². The monoisotopic (exact) mass is 766 g/mol. The van der Waals surface area contributed by atoms with Crippen LogP contribution in [0.2, 0.25) is 0 Å². The lowest BCUT2D eigenvalue weighted by Gasteiger charge is -2.44. The summed E-state index contributed by atoms with van der Waals surface area (Å²) in [6, 6.07) is 26.5. The Kier molecular flexibility index (Phi) is 12.4. The van der Waals surface area contributed by atoms with Crippen LogP contribution >= 0.6 is 0 Å². The summed E-state index contributed by atoms with van der Waals surface area (Å²) in [7, 11) is 0. The Bertz CT molecular complexity index is 1920. The predicted molar refractivity (Wildman–Crippen MR) is 205 cm³/mol. The number of benzene rings is 4. The smallest absolute Gasteiger partial charge is 0.303 e. The fourth-order valence-electron chi connectivity index (χ4n) is 8.29. The molecule has 2 bridgehead atoms. The van der Waals surface area contributed by atoms with Crippen LogP contribution in [0.5, 0.6) is 5.75 Å². The van der Waals surface area contributed by atoms with Crippen molar-refractivity contribution in [1.29, 1.82) is 0 Å². The fourth-order valence-corrected chi connectivity index (χ4v) is 8.29. The van der Waals surface area contributed by atoms with Gasteiger partial charge in [-0.05, 0) is 55.0 Å². The highest BCUT2D eigenvalue weighted by atomic mass is 16.6. The standard InChI is InChI=1S/C42H46N4O10/c47-40-30-25-34(43-44-36-18-17-35(45(48)49)27-37(36)46(50)51)26-31(40)29-54-39-16-8-10-20-42(39,33-13-5-2-6-14-33)56-24-22-52-21-23-55-41(32-11-3-1-4-12-32)19-9-7-15-38(41)53-28-30/h1-6,11-14,17-18,25-27,38-39,47H,7-10,15-16,19-24,28-29H2/t38-,39+,41-,42+. The number of ether oxygens (including phenoxy) is 5. The van der Waals surface area contributed by atoms with E-state index in [9.17, 15) is 25.3 Å². The molecule has 0 amide bonds. The maximum Gasteiger partial charge on any atom is 0.303 e. The van der Waals surface area contributed by atoms with Gasteiger partial charge in [0.15, 0.2) is 5.69 Å². The van der Waals surface area contributed by atoms with E-state index >= 15 is 0 Å². The number of nitrogens with zero attached hydrogens (tertiary/aromatic N) is 4. The van der Waals surface area contributed by atoms with Gasteiger partial charge in [0.25, 0.3) is 5.69 Å². The van der Waals surface area contributed by atoms with Gasteiger partial charge in [-0.15, -0.1) is 5.11 Å². The quantitative estimate of drug-likeness (QED) is 0.113. The number of phenols is 1. The highest BCUT2D eigenvalue weighted by Crippen LogP contribution is 2.45. The van der Waals surface area contributed by atoms with Gasteiger partial charge in [-0.25, -0.2) is 0 Å². The van der Waals surface area contributed by atoms with E-state index in [4.69, 9.17) is 23.7 Å². The Morgan fingerprint density at radius 1 is 0.643 bits per heavy atom. The minimum absolute atomic E-state index is 0.000520. The maximum absolute atomic E-state index is 11.8. The van der Waals surface area contributed by atoms with Crippen molar-refractivity contribution >= 4 is 22.7 Å². The molecule has 14 nitrogen and oxygen atoms in total. The van der Waals surface area contributed by atoms with E-state index in [-0.39, 0.29) is 42.5 Å². The van der Waals surface area contributed by atoms with Crippen LogP contribution in [0.1, 0.15) is 73.6 Å². The zero-order valence-electron chi connectivity index (χ0n) is 31.1. The molecule has 1 N–H and O–H groups in total. The van der Waals surface area contributed by atoms with Gasteiger partial charge in [0.05, 0.1) is 73.4 Å². The van der Waals surface area contributed by atoms with Gasteiger partial charge in [-0.1, -0.05) is 86.3 Å². The van der Waals surface area contributed by atoms with Crippen LogP contribution in [0, 0.1) is 20.2 Å². The van der Waals surface area contributed by atoms with Crippen molar-refractivity contribution in [2.24, 2.45) is 10.2 Å². The third-order valence-corrected chi connectivity index (χ3v) is 11.0. The Morgan fingerprint density at radius 3 is 1.68 bits per heavy atom. The third-order valence-electron chi connectivity index (χ3n) is 11.0. The van der Waals surface area contributed by atoms with Crippen LogP contribution in [0.3, 0.4) is 0 Å². The lowest BCUT2D eigenvalue weighted by Crippen LogP contribution is -2.47. The molecule has 0 aromatic heterocycles. The summed E-state index contributed by atoms with van der Waals surface area (Å²) in [4.78, 5) is 21.7. The number of nitro groups is 2. The summed E-state index contributed by atoms with van der Waals surface area (Å²) in [5.74, 6) is -0.0242. The van der Waals surface area contributed by atoms with Gasteiger partial charge in [-0.3, -0.25) is 20.2 Å². The van der Waals surface area contributed by atoms with Crippen LogP contribution in [-0.2, 0) is 48.1 Å². The van der Waals surface area contributed by atoms with Crippen molar-refractivity contribution < 1.29 is 38.6 Å². The first kappa shape index (κ1) is 39.1. The summed E-state index contributed by atoms with van der Waals surface area (Å²) in [5, 5.41) is 43.5. The number of azo groups is 1. The van der Waals surface area contributed by atoms with E-state index in [0.29, 0.717) is 37.6 Å². The third kappa shape index (κ3) is 8.49. The summed E-state index contributed by atoms with van der Waals surface area (Å²) in [5.41, 5.74) is 0.453. The molecule has 4 atom stereocenters. The maximum atomic E-state index is 11.8. The molecule has 3 aliphatic rings. The SMILES string of the molecule is O=[N+]([O-])c1ccc(N=Nc2cc3c(O)c(c2)CO[C@@H]2CCCC[C@]2(c2ccccc2)OCCOCCO[C@]2(c4ccccc4)CCCC[C@@H]2OC3)c([N+](=O)[O-])c1. The fraction of sp³-hybridized carbons (Fsp3) is 0.429. The Morgan fingerprint density at radius 2 is 1.18 bits per heavy atom. The molecule has 294 valence electrons. The van der Waals surface area contributed by atoms with Crippen LogP contribution in [0.4, 0.5) is 22.7 Å². The number of non-ortho nitro benzene ring substituents is 1. The highest BCUT2D eigenvalue weighted by Gasteiger charge is 2.46. The molecule has 0 unspecified atom stereocenters. The molecule has 0 spiro atoms. The van der Waals surface area contributed by atoms with Crippen molar-refractivity contribution in [2.75, 3.05) is 26.4 Å². The van der Waals surface area contributed by atoms with Crippen molar-refractivity contribution in [3.05, 3.63) is 133 Å². The molecule has 56 heavy (non-hydrogen) atoms. The number of rotatable bonds is 6. The zero-order chi connectivity index (χ0) is 39.0. The van der Waals surface area contributed by atoms with Gasteiger partial charge in [0.1, 0.15) is 17.0 Å². The van der Waals surface area contributed by atoms with Gasteiger partial charge >= 0.3 is 5.69 Å². The van der Waals surface area contributed by atoms with E-state index < -0.39 is 32.4 Å². The van der Waals surface area contributed by atoms with Crippen molar-refractivity contribution in [1.82, 2.24) is 0 Å². The molecule has 2 aliphatic carbocycles. The average molecular weight is 767 g/mol. The lowest BCUT2D eigenvalue weighted by molar-refractivity contribution is -0.393. The largest absolute Gasteiger partial charge is 0.507 e. The second kappa shape index (κ2) is 17.8. The van der Waals surface area contributed by atoms with Crippen LogP contribution in [0.15, 0.2) is 101 Å². The van der Waals surface area contributed by atoms with Gasteiger partial charge in [-0.2, -0.15) is 5.11 Å². The first-order valence-electron chi connectivity index (χ1n) is 19.2. The lowest BCUT2D eigenvalue weighted by atomic mass is 9.77. The molecular formula is C42H46N4O10. The summed E-state index contributed by atoms with van der Waals surface area (Å²) >= 11 is 0. The summed E-state index contributed by atoms with van der Waals surface area (Å²) in [6.45, 7) is 1.41. The number of fused-ring (bicyclic) bond motifs is 4. The molecule has 0 saturated heterocycles. The van der Waals surface area contributed by atoms with E-state index in [2.05, 4.69) is 34.5 Å². The molecule has 14 heteroatoms. The normalized spacial score (nSPS) is 25.3. The first-order chi connectivity index (χ1) is 27.3. The van der Waals surface area contributed by atoms with E-state index in [0.717, 1.165) is 74.6 Å². The molecule has 2 saturated carbocycles. The number of hydrogen-bond donors (Lipinski definition) is 1. The Balaban J connectivity index is 1.28. The molecule has 4 aromatic carbocycles. The van der Waals surface area contributed by atoms with Crippen LogP contribution in [-0.4, -0.2) is 53.6 Å². The number of phenolic OH excluding ortho intramolecular Hbond substituents is 1. The molecule has 1 heterocycles. The average Bonchev–Trinajstić information content (AvgIpc) is 3.22. The Labute approximate surface area is 324 Å². The van der Waals surface area contributed by atoms with Crippen molar-refractivity contribution in [3.63, 3.8) is 0 Å². The second-order valence-corrected chi connectivity index (χ2v) is 14.4. The van der Waals surface area contributed by atoms with E-state index in [1.807, 2.05) is 36.4 Å². The second-order valence-electron chi connectivity index (χ2n) is 14.4. The minimum Gasteiger partial charge on any atom is -0.507 e. The minimum atomic E-state index is -0.759. The van der Waals surface area contributed by atoms with E-state index in [1.165, 1.54) is 6.07 Å². The summed E-state index contributed by atoms with van der Waals surface area (Å²) < 4.78 is 33.1. The molecular weight excluding hydrogens is 720 g/mol. The molecule has 1 aliphatic heterocycles. The van der Waals surface area contributed by atoms with Crippen molar-refractivity contribution in [3.8, 4) is 5.75 Å². The predicted octanol–water partition coefficient (Wildman–Crippen LogP) is 9.40. The number of nitro benzene ring substituents is 2. The van der Waals surface area contributed by atoms with Gasteiger partial charge < -0.3 is 28.8 Å². The molecule has 0 radical (unpaired) electrons. The number of aromatic hydroxyl groups is 1. The first-order valence-corrected chi connectivity index (χ1v) is 19.2. The molecule has 7 rings (SSSR count). The highest BCUT2D eigenvalue weighted by molar-refractivity contribution is 5.62. The zero-order valence-corrected chi connectivity index (χ0v) is 31.1.